The van der Waals surface area contributed by atoms with Crippen molar-refractivity contribution in [3.63, 3.8) is 0 Å². The molecule has 0 bridgehead atoms. The largest absolute Gasteiger partial charge is 0.464 e. The summed E-state index contributed by atoms with van der Waals surface area (Å²) in [6, 6.07) is 21.1. The van der Waals surface area contributed by atoms with Crippen LogP contribution in [0.5, 0.6) is 0 Å². The number of ether oxygens (including phenoxy) is 1. The van der Waals surface area contributed by atoms with Gasteiger partial charge in [-0.15, -0.1) is 0 Å². The molecule has 0 aliphatic heterocycles. The highest BCUT2D eigenvalue weighted by Crippen LogP contribution is 2.29. The van der Waals surface area contributed by atoms with Gasteiger partial charge in [-0.05, 0) is 37.1 Å². The van der Waals surface area contributed by atoms with Crippen LogP contribution in [0.4, 0.5) is 0 Å². The maximum Gasteiger partial charge on any atom is 0.305 e. The molecule has 0 saturated carbocycles. The van der Waals surface area contributed by atoms with Crippen molar-refractivity contribution in [3.05, 3.63) is 71.8 Å². The molecule has 0 atom stereocenters. The molecule has 0 aliphatic carbocycles. The zero-order chi connectivity index (χ0) is 18.6. The van der Waals surface area contributed by atoms with Crippen LogP contribution < -0.4 is 0 Å². The molecule has 0 fully saturated rings. The smallest absolute Gasteiger partial charge is 0.305 e. The number of benzene rings is 2. The first-order valence-corrected chi connectivity index (χ1v) is 9.72. The van der Waals surface area contributed by atoms with E-state index in [0.29, 0.717) is 18.9 Å². The lowest BCUT2D eigenvalue weighted by Crippen LogP contribution is -2.27. The average Bonchev–Trinajstić information content (AvgIpc) is 2.70. The molecule has 0 heterocycles. The van der Waals surface area contributed by atoms with E-state index >= 15 is 0 Å². The summed E-state index contributed by atoms with van der Waals surface area (Å²) in [7, 11) is 0. The van der Waals surface area contributed by atoms with Crippen molar-refractivity contribution in [1.82, 2.24) is 4.90 Å². The average molecular weight is 354 g/mol. The third-order valence-electron chi connectivity index (χ3n) is 4.84. The Labute approximate surface area is 158 Å². The lowest BCUT2D eigenvalue weighted by atomic mass is 9.87. The fourth-order valence-electron chi connectivity index (χ4n) is 3.25. The fraction of sp³-hybridized carbons (Fsp3) is 0.435. The van der Waals surface area contributed by atoms with Gasteiger partial charge in [0, 0.05) is 18.9 Å². The Kier molecular flexibility index (Phi) is 8.91. The second-order valence-electron chi connectivity index (χ2n) is 6.51. The lowest BCUT2D eigenvalue weighted by Gasteiger charge is -2.19. The van der Waals surface area contributed by atoms with Crippen molar-refractivity contribution in [3.8, 4) is 0 Å². The van der Waals surface area contributed by atoms with Crippen LogP contribution in [0.15, 0.2) is 60.7 Å². The predicted molar refractivity (Wildman–Crippen MR) is 107 cm³/mol. The Morgan fingerprint density at radius 2 is 1.46 bits per heavy atom. The van der Waals surface area contributed by atoms with Gasteiger partial charge in [-0.3, -0.25) is 4.79 Å². The van der Waals surface area contributed by atoms with Crippen molar-refractivity contribution in [2.45, 2.75) is 39.0 Å². The number of hydrogen-bond acceptors (Lipinski definition) is 3. The van der Waals surface area contributed by atoms with E-state index in [0.717, 1.165) is 32.5 Å². The standard InChI is InChI=1S/C23H31NO2/c1-3-24(4-2)18-19-26-23(25)17-11-16-22(20-12-7-5-8-13-20)21-14-9-6-10-15-21/h5-10,12-15,22H,3-4,11,16-19H2,1-2H3. The van der Waals surface area contributed by atoms with Gasteiger partial charge >= 0.3 is 5.97 Å². The van der Waals surface area contributed by atoms with Gasteiger partial charge in [0.1, 0.15) is 6.61 Å². The third kappa shape index (κ3) is 6.64. The van der Waals surface area contributed by atoms with Crippen molar-refractivity contribution in [2.24, 2.45) is 0 Å². The second kappa shape index (κ2) is 11.5. The Balaban J connectivity index is 1.83. The summed E-state index contributed by atoms with van der Waals surface area (Å²) in [5.41, 5.74) is 2.60. The maximum atomic E-state index is 12.0. The zero-order valence-corrected chi connectivity index (χ0v) is 16.1. The highest BCUT2D eigenvalue weighted by atomic mass is 16.5. The maximum absolute atomic E-state index is 12.0. The van der Waals surface area contributed by atoms with Crippen LogP contribution in [0.3, 0.4) is 0 Å². The molecule has 3 heteroatoms. The van der Waals surface area contributed by atoms with E-state index in [1.807, 2.05) is 12.1 Å². The van der Waals surface area contributed by atoms with E-state index in [4.69, 9.17) is 4.74 Å². The minimum absolute atomic E-state index is 0.0861. The Morgan fingerprint density at radius 1 is 0.923 bits per heavy atom. The fourth-order valence-corrected chi connectivity index (χ4v) is 3.25. The highest BCUT2D eigenvalue weighted by Gasteiger charge is 2.14. The molecule has 3 nitrogen and oxygen atoms in total. The summed E-state index contributed by atoms with van der Waals surface area (Å²) in [6.45, 7) is 7.53. The Morgan fingerprint density at radius 3 is 1.96 bits per heavy atom. The van der Waals surface area contributed by atoms with Gasteiger partial charge in [0.05, 0.1) is 0 Å². The highest BCUT2D eigenvalue weighted by molar-refractivity contribution is 5.69. The Hall–Kier alpha value is -2.13. The molecule has 0 amide bonds. The molecule has 0 saturated heterocycles. The van der Waals surface area contributed by atoms with Crippen LogP contribution in [0.1, 0.15) is 50.2 Å². The van der Waals surface area contributed by atoms with Gasteiger partial charge in [-0.25, -0.2) is 0 Å². The van der Waals surface area contributed by atoms with Gasteiger partial charge in [-0.1, -0.05) is 74.5 Å². The van der Waals surface area contributed by atoms with Crippen molar-refractivity contribution < 1.29 is 9.53 Å². The van der Waals surface area contributed by atoms with E-state index in [1.165, 1.54) is 11.1 Å². The second-order valence-corrected chi connectivity index (χ2v) is 6.51. The molecular formula is C23H31NO2. The van der Waals surface area contributed by atoms with E-state index in [-0.39, 0.29) is 5.97 Å². The van der Waals surface area contributed by atoms with Crippen LogP contribution in [0.25, 0.3) is 0 Å². The van der Waals surface area contributed by atoms with Crippen LogP contribution in [-0.4, -0.2) is 37.1 Å². The number of likely N-dealkylation sites (N-methyl/N-ethyl adjacent to an activating group) is 1. The Bertz CT molecular complexity index is 584. The van der Waals surface area contributed by atoms with Crippen molar-refractivity contribution >= 4 is 5.97 Å². The van der Waals surface area contributed by atoms with Crippen LogP contribution in [0.2, 0.25) is 0 Å². The molecule has 26 heavy (non-hydrogen) atoms. The lowest BCUT2D eigenvalue weighted by molar-refractivity contribution is -0.144. The molecule has 0 spiro atoms. The van der Waals surface area contributed by atoms with Gasteiger partial charge < -0.3 is 9.64 Å². The number of carbonyl (C=O) groups is 1. The zero-order valence-electron chi connectivity index (χ0n) is 16.1. The summed E-state index contributed by atoms with van der Waals surface area (Å²) < 4.78 is 5.39. The molecule has 0 radical (unpaired) electrons. The quantitative estimate of drug-likeness (QED) is 0.540. The first-order valence-electron chi connectivity index (χ1n) is 9.72. The minimum atomic E-state index is -0.0861. The number of carbonyl (C=O) groups excluding carboxylic acids is 1. The van der Waals surface area contributed by atoms with Crippen LogP contribution in [-0.2, 0) is 9.53 Å². The monoisotopic (exact) mass is 353 g/mol. The molecule has 0 aliphatic rings. The first-order chi connectivity index (χ1) is 12.7. The van der Waals surface area contributed by atoms with Crippen LogP contribution >= 0.6 is 0 Å². The molecule has 2 aromatic rings. The van der Waals surface area contributed by atoms with Crippen LogP contribution in [0, 0.1) is 0 Å². The topological polar surface area (TPSA) is 29.5 Å². The SMILES string of the molecule is CCN(CC)CCOC(=O)CCCC(c1ccccc1)c1ccccc1. The third-order valence-corrected chi connectivity index (χ3v) is 4.84. The van der Waals surface area contributed by atoms with Gasteiger partial charge in [0.25, 0.3) is 0 Å². The van der Waals surface area contributed by atoms with Gasteiger partial charge in [0.2, 0.25) is 0 Å². The van der Waals surface area contributed by atoms with E-state index in [2.05, 4.69) is 67.3 Å². The number of esters is 1. The van der Waals surface area contributed by atoms with Crippen molar-refractivity contribution in [2.75, 3.05) is 26.2 Å². The van der Waals surface area contributed by atoms with Gasteiger partial charge in [-0.2, -0.15) is 0 Å². The molecular weight excluding hydrogens is 322 g/mol. The first kappa shape index (κ1) is 20.2. The summed E-state index contributed by atoms with van der Waals surface area (Å²) in [4.78, 5) is 14.3. The molecule has 0 aromatic heterocycles. The summed E-state index contributed by atoms with van der Waals surface area (Å²) >= 11 is 0. The molecule has 0 N–H and O–H groups in total. The van der Waals surface area contributed by atoms with Crippen molar-refractivity contribution in [1.29, 1.82) is 0 Å². The summed E-state index contributed by atoms with van der Waals surface area (Å²) in [5, 5.41) is 0. The molecule has 0 unspecified atom stereocenters. The molecule has 2 rings (SSSR count). The van der Waals surface area contributed by atoms with E-state index in [1.54, 1.807) is 0 Å². The number of rotatable bonds is 11. The number of nitrogens with zero attached hydrogens (tertiary/aromatic N) is 1. The summed E-state index contributed by atoms with van der Waals surface area (Å²) in [6.07, 6.45) is 2.26. The van der Waals surface area contributed by atoms with E-state index in [9.17, 15) is 4.79 Å². The van der Waals surface area contributed by atoms with Gasteiger partial charge in [0.15, 0.2) is 0 Å². The molecule has 140 valence electrons. The molecule has 2 aromatic carbocycles. The minimum Gasteiger partial charge on any atom is -0.464 e. The van der Waals surface area contributed by atoms with E-state index < -0.39 is 0 Å². The number of hydrogen-bond donors (Lipinski definition) is 0. The summed E-state index contributed by atoms with van der Waals surface area (Å²) in [5.74, 6) is 0.234. The predicted octanol–water partition coefficient (Wildman–Crippen LogP) is 4.87. The normalized spacial score (nSPS) is 11.1.